The van der Waals surface area contributed by atoms with Crippen LogP contribution in [0, 0.1) is 0 Å². The van der Waals surface area contributed by atoms with Gasteiger partial charge in [0.15, 0.2) is 0 Å². The van der Waals surface area contributed by atoms with Crippen molar-refractivity contribution in [1.29, 1.82) is 0 Å². The van der Waals surface area contributed by atoms with Crippen molar-refractivity contribution < 1.29 is 19.1 Å². The van der Waals surface area contributed by atoms with Gasteiger partial charge in [-0.3, -0.25) is 0 Å². The number of amides is 2. The highest BCUT2D eigenvalue weighted by molar-refractivity contribution is 5.92. The molecule has 0 bridgehead atoms. The lowest BCUT2D eigenvalue weighted by atomic mass is 10.3. The normalized spacial score (nSPS) is 11.3. The number of esters is 1. The number of urea groups is 1. The summed E-state index contributed by atoms with van der Waals surface area (Å²) in [7, 11) is 2.83. The van der Waals surface area contributed by atoms with Gasteiger partial charge in [0.05, 0.1) is 14.2 Å². The van der Waals surface area contributed by atoms with Crippen molar-refractivity contribution in [3.63, 3.8) is 0 Å². The van der Waals surface area contributed by atoms with Crippen LogP contribution >= 0.6 is 0 Å². The maximum absolute atomic E-state index is 11.5. The lowest BCUT2D eigenvalue weighted by Crippen LogP contribution is -2.41. The highest BCUT2D eigenvalue weighted by Crippen LogP contribution is 2.14. The number of hydrogen-bond donors (Lipinski definition) is 2. The van der Waals surface area contributed by atoms with Gasteiger partial charge >= 0.3 is 12.0 Å². The number of nitrogens with one attached hydrogen (secondary N) is 2. The van der Waals surface area contributed by atoms with Crippen molar-refractivity contribution in [2.45, 2.75) is 13.0 Å². The van der Waals surface area contributed by atoms with Gasteiger partial charge in [0.1, 0.15) is 11.8 Å². The topological polar surface area (TPSA) is 76.7 Å². The van der Waals surface area contributed by atoms with Gasteiger partial charge in [0.2, 0.25) is 0 Å². The van der Waals surface area contributed by atoms with Gasteiger partial charge in [-0.25, -0.2) is 9.59 Å². The number of ether oxygens (including phenoxy) is 2. The van der Waals surface area contributed by atoms with Crippen molar-refractivity contribution in [1.82, 2.24) is 5.32 Å². The van der Waals surface area contributed by atoms with Crippen LogP contribution in [0.5, 0.6) is 5.75 Å². The molecule has 1 atom stereocenters. The van der Waals surface area contributed by atoms with Gasteiger partial charge in [0.25, 0.3) is 0 Å². The molecule has 0 aliphatic heterocycles. The number of carbonyl (C=O) groups is 2. The molecular weight excluding hydrogens is 236 g/mol. The molecular formula is C12H16N2O4. The lowest BCUT2D eigenvalue weighted by Gasteiger charge is -2.12. The average Bonchev–Trinajstić information content (AvgIpc) is 2.38. The zero-order valence-electron chi connectivity index (χ0n) is 10.5. The number of rotatable bonds is 4. The fourth-order valence-electron chi connectivity index (χ4n) is 1.27. The van der Waals surface area contributed by atoms with Crippen LogP contribution in [0.15, 0.2) is 24.3 Å². The Morgan fingerprint density at radius 2 is 1.78 bits per heavy atom. The predicted molar refractivity (Wildman–Crippen MR) is 66.6 cm³/mol. The van der Waals surface area contributed by atoms with Gasteiger partial charge < -0.3 is 20.1 Å². The van der Waals surface area contributed by atoms with E-state index in [1.807, 2.05) is 0 Å². The highest BCUT2D eigenvalue weighted by atomic mass is 16.5. The second kappa shape index (κ2) is 6.48. The molecule has 0 saturated heterocycles. The van der Waals surface area contributed by atoms with Gasteiger partial charge in [-0.15, -0.1) is 0 Å². The van der Waals surface area contributed by atoms with E-state index in [0.717, 1.165) is 0 Å². The van der Waals surface area contributed by atoms with Crippen molar-refractivity contribution in [2.24, 2.45) is 0 Å². The van der Waals surface area contributed by atoms with Crippen LogP contribution in [0.25, 0.3) is 0 Å². The summed E-state index contributed by atoms with van der Waals surface area (Å²) < 4.78 is 9.49. The second-order valence-corrected chi connectivity index (χ2v) is 3.57. The predicted octanol–water partition coefficient (Wildman–Crippen LogP) is 1.38. The summed E-state index contributed by atoms with van der Waals surface area (Å²) in [6, 6.07) is 5.66. The molecule has 18 heavy (non-hydrogen) atoms. The zero-order valence-corrected chi connectivity index (χ0v) is 10.5. The second-order valence-electron chi connectivity index (χ2n) is 3.57. The van der Waals surface area contributed by atoms with E-state index in [-0.39, 0.29) is 0 Å². The van der Waals surface area contributed by atoms with Crippen molar-refractivity contribution >= 4 is 17.7 Å². The Kier molecular flexibility index (Phi) is 4.98. The molecule has 0 radical (unpaired) electrons. The molecule has 0 fully saturated rings. The molecule has 0 spiro atoms. The fourth-order valence-corrected chi connectivity index (χ4v) is 1.27. The molecule has 1 aromatic rings. The Morgan fingerprint density at radius 3 is 2.28 bits per heavy atom. The maximum Gasteiger partial charge on any atom is 0.328 e. The Morgan fingerprint density at radius 1 is 1.17 bits per heavy atom. The summed E-state index contributed by atoms with van der Waals surface area (Å²) in [6.07, 6.45) is 0. The van der Waals surface area contributed by atoms with Crippen LogP contribution in [0.1, 0.15) is 6.92 Å². The SMILES string of the molecule is COC(=O)C(C)NC(=O)Nc1ccc(OC)cc1. The third-order valence-corrected chi connectivity index (χ3v) is 2.25. The standard InChI is InChI=1S/C12H16N2O4/c1-8(11(15)18-3)13-12(16)14-9-4-6-10(17-2)7-5-9/h4-8H,1-3H3,(H2,13,14,16). The van der Waals surface area contributed by atoms with Gasteiger partial charge in [0, 0.05) is 5.69 Å². The Labute approximate surface area is 105 Å². The minimum absolute atomic E-state index is 0.474. The number of carbonyl (C=O) groups excluding carboxylic acids is 2. The van der Waals surface area contributed by atoms with Crippen molar-refractivity contribution in [2.75, 3.05) is 19.5 Å². The highest BCUT2D eigenvalue weighted by Gasteiger charge is 2.15. The molecule has 6 heteroatoms. The summed E-state index contributed by atoms with van der Waals surface area (Å²) in [6.45, 7) is 1.54. The molecule has 6 nitrogen and oxygen atoms in total. The first-order valence-corrected chi connectivity index (χ1v) is 5.36. The summed E-state index contributed by atoms with van der Waals surface area (Å²) in [5, 5.41) is 5.04. The summed E-state index contributed by atoms with van der Waals surface area (Å²) in [4.78, 5) is 22.6. The van der Waals surface area contributed by atoms with Crippen LogP contribution < -0.4 is 15.4 Å². The van der Waals surface area contributed by atoms with E-state index in [1.165, 1.54) is 7.11 Å². The van der Waals surface area contributed by atoms with E-state index in [2.05, 4.69) is 15.4 Å². The number of hydrogen-bond acceptors (Lipinski definition) is 4. The Bertz CT molecular complexity index is 417. The Hall–Kier alpha value is -2.24. The monoisotopic (exact) mass is 252 g/mol. The molecule has 0 aromatic heterocycles. The van der Waals surface area contributed by atoms with Crippen molar-refractivity contribution in [3.8, 4) is 5.75 Å². The number of benzene rings is 1. The van der Waals surface area contributed by atoms with Crippen LogP contribution in [-0.4, -0.2) is 32.3 Å². The first-order chi connectivity index (χ1) is 8.56. The van der Waals surface area contributed by atoms with E-state index < -0.39 is 18.0 Å². The minimum atomic E-state index is -0.701. The van der Waals surface area contributed by atoms with Crippen LogP contribution in [0.2, 0.25) is 0 Å². The third kappa shape index (κ3) is 3.97. The molecule has 0 heterocycles. The fraction of sp³-hybridized carbons (Fsp3) is 0.333. The van der Waals surface area contributed by atoms with Crippen LogP contribution in [0.3, 0.4) is 0 Å². The smallest absolute Gasteiger partial charge is 0.328 e. The van der Waals surface area contributed by atoms with E-state index in [0.29, 0.717) is 11.4 Å². The summed E-state index contributed by atoms with van der Waals surface area (Å²) in [5.41, 5.74) is 0.602. The molecule has 98 valence electrons. The zero-order chi connectivity index (χ0) is 13.5. The molecule has 1 rings (SSSR count). The first-order valence-electron chi connectivity index (χ1n) is 5.36. The van der Waals surface area contributed by atoms with Gasteiger partial charge in [-0.2, -0.15) is 0 Å². The summed E-state index contributed by atoms with van der Waals surface area (Å²) >= 11 is 0. The van der Waals surface area contributed by atoms with E-state index in [9.17, 15) is 9.59 Å². The van der Waals surface area contributed by atoms with Crippen molar-refractivity contribution in [3.05, 3.63) is 24.3 Å². The molecule has 2 N–H and O–H groups in total. The molecule has 1 unspecified atom stereocenters. The third-order valence-electron chi connectivity index (χ3n) is 2.25. The number of methoxy groups -OCH3 is 2. The average molecular weight is 252 g/mol. The number of anilines is 1. The van der Waals surface area contributed by atoms with E-state index in [4.69, 9.17) is 4.74 Å². The largest absolute Gasteiger partial charge is 0.497 e. The van der Waals surface area contributed by atoms with Crippen LogP contribution in [-0.2, 0) is 9.53 Å². The molecule has 0 aliphatic carbocycles. The summed E-state index contributed by atoms with van der Waals surface area (Å²) in [5.74, 6) is 0.198. The van der Waals surface area contributed by atoms with E-state index in [1.54, 1.807) is 38.3 Å². The molecule has 0 aliphatic rings. The quantitative estimate of drug-likeness (QED) is 0.794. The Balaban J connectivity index is 2.51. The van der Waals surface area contributed by atoms with Gasteiger partial charge in [-0.05, 0) is 31.2 Å². The van der Waals surface area contributed by atoms with Gasteiger partial charge in [-0.1, -0.05) is 0 Å². The van der Waals surface area contributed by atoms with Crippen LogP contribution in [0.4, 0.5) is 10.5 Å². The van der Waals surface area contributed by atoms with E-state index >= 15 is 0 Å². The molecule has 2 amide bonds. The lowest BCUT2D eigenvalue weighted by molar-refractivity contribution is -0.142. The molecule has 1 aromatic carbocycles. The maximum atomic E-state index is 11.5. The first kappa shape index (κ1) is 13.8. The molecule has 0 saturated carbocycles. The minimum Gasteiger partial charge on any atom is -0.497 e.